The van der Waals surface area contributed by atoms with Gasteiger partial charge in [0.2, 0.25) is 0 Å². The number of carbonyl (C=O) groups is 1. The number of benzene rings is 2. The van der Waals surface area contributed by atoms with Crippen molar-refractivity contribution < 1.29 is 19.0 Å². The van der Waals surface area contributed by atoms with E-state index in [2.05, 4.69) is 10.3 Å². The first-order chi connectivity index (χ1) is 14.1. The Kier molecular flexibility index (Phi) is 6.66. The predicted octanol–water partition coefficient (Wildman–Crippen LogP) is 4.28. The molecule has 3 rings (SSSR count). The second kappa shape index (κ2) is 9.57. The fourth-order valence-electron chi connectivity index (χ4n) is 2.35. The van der Waals surface area contributed by atoms with Crippen LogP contribution in [0.25, 0.3) is 0 Å². The van der Waals surface area contributed by atoms with Crippen LogP contribution in [-0.2, 0) is 16.1 Å². The maximum atomic E-state index is 12.2. The smallest absolute Gasteiger partial charge is 0.347 e. The Hall–Kier alpha value is -3.57. The lowest BCUT2D eigenvalue weighted by molar-refractivity contribution is -0.152. The molecule has 0 aliphatic heterocycles. The van der Waals surface area contributed by atoms with Crippen LogP contribution in [0.1, 0.15) is 18.2 Å². The Bertz CT molecular complexity index is 994. The van der Waals surface area contributed by atoms with Gasteiger partial charge in [-0.25, -0.2) is 9.78 Å². The van der Waals surface area contributed by atoms with Gasteiger partial charge in [-0.2, -0.15) is 5.26 Å². The van der Waals surface area contributed by atoms with Gasteiger partial charge < -0.3 is 19.5 Å². The van der Waals surface area contributed by atoms with Gasteiger partial charge in [-0.1, -0.05) is 0 Å². The van der Waals surface area contributed by atoms with Crippen LogP contribution in [0.5, 0.6) is 11.5 Å². The van der Waals surface area contributed by atoms with E-state index in [1.54, 1.807) is 38.3 Å². The normalized spacial score (nSPS) is 11.2. The van der Waals surface area contributed by atoms with E-state index in [1.165, 1.54) is 11.3 Å². The molecule has 0 amide bonds. The van der Waals surface area contributed by atoms with Crippen molar-refractivity contribution in [3.8, 4) is 17.6 Å². The van der Waals surface area contributed by atoms with Gasteiger partial charge in [0.25, 0.3) is 0 Å². The number of aromatic nitrogens is 1. The molecule has 0 bridgehead atoms. The molecule has 1 atom stereocenters. The van der Waals surface area contributed by atoms with E-state index in [0.29, 0.717) is 22.1 Å². The maximum Gasteiger partial charge on any atom is 0.347 e. The molecule has 0 saturated carbocycles. The van der Waals surface area contributed by atoms with Crippen molar-refractivity contribution >= 4 is 28.1 Å². The summed E-state index contributed by atoms with van der Waals surface area (Å²) in [6.07, 6.45) is -0.779. The highest BCUT2D eigenvalue weighted by atomic mass is 32.1. The average molecular weight is 409 g/mol. The molecule has 3 aromatic rings. The summed E-state index contributed by atoms with van der Waals surface area (Å²) in [6.45, 7) is 1.67. The molecule has 148 valence electrons. The summed E-state index contributed by atoms with van der Waals surface area (Å²) in [4.78, 5) is 16.6. The van der Waals surface area contributed by atoms with Gasteiger partial charge in [0.05, 0.1) is 24.4 Å². The molecule has 0 radical (unpaired) electrons. The molecule has 7 nitrogen and oxygen atoms in total. The molecule has 8 heteroatoms. The lowest BCUT2D eigenvalue weighted by Crippen LogP contribution is -2.26. The number of nitriles is 1. The molecule has 29 heavy (non-hydrogen) atoms. The van der Waals surface area contributed by atoms with Crippen LogP contribution in [-0.4, -0.2) is 24.2 Å². The SMILES string of the molecule is COc1ccc(Nc2nc(COC(=O)[C@H](C)Oc3ccc(C#N)cc3)cs2)cc1. The van der Waals surface area contributed by atoms with E-state index in [1.807, 2.05) is 35.7 Å². The predicted molar refractivity (Wildman–Crippen MR) is 109 cm³/mol. The number of hydrogen-bond donors (Lipinski definition) is 1. The topological polar surface area (TPSA) is 93.5 Å². The first-order valence-corrected chi connectivity index (χ1v) is 9.64. The van der Waals surface area contributed by atoms with E-state index in [4.69, 9.17) is 19.5 Å². The molecule has 0 saturated heterocycles. The summed E-state index contributed by atoms with van der Waals surface area (Å²) in [5.74, 6) is 0.778. The number of esters is 1. The highest BCUT2D eigenvalue weighted by Crippen LogP contribution is 2.23. The van der Waals surface area contributed by atoms with Gasteiger partial charge in [-0.15, -0.1) is 11.3 Å². The molecule has 0 aliphatic rings. The minimum absolute atomic E-state index is 0.0562. The molecule has 2 aromatic carbocycles. The molecule has 0 aliphatic carbocycles. The van der Waals surface area contributed by atoms with Crippen molar-refractivity contribution in [3.63, 3.8) is 0 Å². The molecule has 0 fully saturated rings. The third-order valence-electron chi connectivity index (χ3n) is 3.88. The van der Waals surface area contributed by atoms with Gasteiger partial charge in [-0.3, -0.25) is 0 Å². The van der Waals surface area contributed by atoms with Crippen molar-refractivity contribution in [2.45, 2.75) is 19.6 Å². The molecule has 1 heterocycles. The number of ether oxygens (including phenoxy) is 3. The van der Waals surface area contributed by atoms with Crippen LogP contribution in [0.3, 0.4) is 0 Å². The molecule has 1 N–H and O–H groups in total. The number of hydrogen-bond acceptors (Lipinski definition) is 8. The fraction of sp³-hybridized carbons (Fsp3) is 0.190. The summed E-state index contributed by atoms with van der Waals surface area (Å²) in [6, 6.07) is 16.0. The Labute approximate surface area is 172 Å². The third kappa shape index (κ3) is 5.70. The standard InChI is InChI=1S/C21H19N3O4S/c1-14(28-19-7-3-15(11-22)4-8-19)20(25)27-12-17-13-29-21(24-17)23-16-5-9-18(26-2)10-6-16/h3-10,13-14H,12H2,1-2H3,(H,23,24)/t14-/m0/s1. The largest absolute Gasteiger partial charge is 0.497 e. The summed E-state index contributed by atoms with van der Waals surface area (Å²) < 4.78 is 16.0. The number of carbonyl (C=O) groups excluding carboxylic acids is 1. The molecule has 1 aromatic heterocycles. The van der Waals surface area contributed by atoms with Crippen molar-refractivity contribution in [3.05, 3.63) is 65.2 Å². The molecular weight excluding hydrogens is 390 g/mol. The van der Waals surface area contributed by atoms with Crippen molar-refractivity contribution in [2.75, 3.05) is 12.4 Å². The lowest BCUT2D eigenvalue weighted by Gasteiger charge is -2.13. The van der Waals surface area contributed by atoms with Gasteiger partial charge >= 0.3 is 5.97 Å². The van der Waals surface area contributed by atoms with Gasteiger partial charge in [0.15, 0.2) is 11.2 Å². The summed E-state index contributed by atoms with van der Waals surface area (Å²) in [5.41, 5.74) is 2.05. The number of anilines is 2. The van der Waals surface area contributed by atoms with Crippen LogP contribution < -0.4 is 14.8 Å². The average Bonchev–Trinajstić information content (AvgIpc) is 3.20. The number of rotatable bonds is 8. The summed E-state index contributed by atoms with van der Waals surface area (Å²) >= 11 is 1.42. The maximum absolute atomic E-state index is 12.2. The van der Waals surface area contributed by atoms with Crippen LogP contribution in [0, 0.1) is 11.3 Å². The Balaban J connectivity index is 1.48. The second-order valence-corrected chi connectivity index (χ2v) is 6.86. The Morgan fingerprint density at radius 3 is 2.52 bits per heavy atom. The van der Waals surface area contributed by atoms with E-state index < -0.39 is 12.1 Å². The van der Waals surface area contributed by atoms with Crippen LogP contribution in [0.2, 0.25) is 0 Å². The third-order valence-corrected chi connectivity index (χ3v) is 4.69. The number of nitrogens with one attached hydrogen (secondary N) is 1. The second-order valence-electron chi connectivity index (χ2n) is 6.00. The van der Waals surface area contributed by atoms with Crippen molar-refractivity contribution in [2.24, 2.45) is 0 Å². The monoisotopic (exact) mass is 409 g/mol. The number of nitrogens with zero attached hydrogens (tertiary/aromatic N) is 2. The van der Waals surface area contributed by atoms with Crippen LogP contribution in [0.4, 0.5) is 10.8 Å². The highest BCUT2D eigenvalue weighted by molar-refractivity contribution is 7.13. The quantitative estimate of drug-likeness (QED) is 0.555. The zero-order valence-corrected chi connectivity index (χ0v) is 16.7. The first-order valence-electron chi connectivity index (χ1n) is 8.76. The highest BCUT2D eigenvalue weighted by Gasteiger charge is 2.17. The van der Waals surface area contributed by atoms with Gasteiger partial charge in [0, 0.05) is 11.1 Å². The molecule has 0 unspecified atom stereocenters. The summed E-state index contributed by atoms with van der Waals surface area (Å²) in [5, 5.41) is 14.5. The zero-order chi connectivity index (χ0) is 20.6. The van der Waals surface area contributed by atoms with Gasteiger partial charge in [-0.05, 0) is 55.5 Å². The minimum Gasteiger partial charge on any atom is -0.497 e. The van der Waals surface area contributed by atoms with E-state index in [0.717, 1.165) is 11.4 Å². The van der Waals surface area contributed by atoms with Crippen LogP contribution >= 0.6 is 11.3 Å². The number of methoxy groups -OCH3 is 1. The Morgan fingerprint density at radius 1 is 1.17 bits per heavy atom. The van der Waals surface area contributed by atoms with E-state index >= 15 is 0 Å². The van der Waals surface area contributed by atoms with Crippen molar-refractivity contribution in [1.29, 1.82) is 5.26 Å². The molecule has 0 spiro atoms. The summed E-state index contributed by atoms with van der Waals surface area (Å²) in [7, 11) is 1.62. The zero-order valence-electron chi connectivity index (χ0n) is 15.9. The number of thiazole rings is 1. The Morgan fingerprint density at radius 2 is 1.86 bits per heavy atom. The molecular formula is C21H19N3O4S. The first kappa shape index (κ1) is 20.2. The van der Waals surface area contributed by atoms with E-state index in [9.17, 15) is 4.79 Å². The lowest BCUT2D eigenvalue weighted by atomic mass is 10.2. The van der Waals surface area contributed by atoms with E-state index in [-0.39, 0.29) is 6.61 Å². The van der Waals surface area contributed by atoms with Gasteiger partial charge in [0.1, 0.15) is 18.1 Å². The minimum atomic E-state index is -0.779. The van der Waals surface area contributed by atoms with Crippen molar-refractivity contribution in [1.82, 2.24) is 4.98 Å². The fourth-order valence-corrected chi connectivity index (χ4v) is 3.07. The van der Waals surface area contributed by atoms with Crippen LogP contribution in [0.15, 0.2) is 53.9 Å².